The molecule has 0 radical (unpaired) electrons. The standard InChI is InChI=1S/C17H13Cl.C2H4O2/c1-12-16-5-3-2-4-13(16)8-11-17(12)14-6-9-15(18)10-7-14;1-4-2-3/h2-11H,1H3;2H,1H3. The first-order valence-corrected chi connectivity index (χ1v) is 7.26. The van der Waals surface area contributed by atoms with E-state index in [9.17, 15) is 0 Å². The lowest BCUT2D eigenvalue weighted by Gasteiger charge is -2.09. The summed E-state index contributed by atoms with van der Waals surface area (Å²) < 4.78 is 3.86. The van der Waals surface area contributed by atoms with Gasteiger partial charge in [0.2, 0.25) is 0 Å². The Labute approximate surface area is 135 Å². The average Bonchev–Trinajstić information content (AvgIpc) is 2.57. The molecular weight excluding hydrogens is 296 g/mol. The molecule has 0 amide bonds. The second-order valence-corrected chi connectivity index (χ2v) is 5.23. The van der Waals surface area contributed by atoms with Gasteiger partial charge in [0.15, 0.2) is 0 Å². The summed E-state index contributed by atoms with van der Waals surface area (Å²) in [7, 11) is 1.31. The lowest BCUT2D eigenvalue weighted by molar-refractivity contribution is -0.126. The summed E-state index contributed by atoms with van der Waals surface area (Å²) in [5.74, 6) is 0. The zero-order valence-corrected chi connectivity index (χ0v) is 13.3. The summed E-state index contributed by atoms with van der Waals surface area (Å²) in [6.45, 7) is 2.55. The summed E-state index contributed by atoms with van der Waals surface area (Å²) in [5, 5.41) is 3.37. The Kier molecular flexibility index (Phi) is 5.56. The van der Waals surface area contributed by atoms with Crippen LogP contribution < -0.4 is 0 Å². The molecule has 0 aliphatic rings. The smallest absolute Gasteiger partial charge is 0.292 e. The van der Waals surface area contributed by atoms with Crippen LogP contribution >= 0.6 is 11.6 Å². The molecule has 3 rings (SSSR count). The monoisotopic (exact) mass is 312 g/mol. The predicted octanol–water partition coefficient (Wildman–Crippen LogP) is 5.26. The number of aryl methyl sites for hydroxylation is 1. The molecule has 2 nitrogen and oxygen atoms in total. The number of benzene rings is 3. The van der Waals surface area contributed by atoms with Gasteiger partial charge in [-0.15, -0.1) is 0 Å². The number of carbonyl (C=O) groups is 1. The Bertz CT molecular complexity index is 764. The van der Waals surface area contributed by atoms with Crippen molar-refractivity contribution in [1.82, 2.24) is 0 Å². The van der Waals surface area contributed by atoms with Gasteiger partial charge < -0.3 is 4.74 Å². The number of hydrogen-bond acceptors (Lipinski definition) is 2. The van der Waals surface area contributed by atoms with Gasteiger partial charge in [-0.1, -0.05) is 60.1 Å². The molecular formula is C19H17ClO2. The molecule has 0 N–H and O–H groups in total. The van der Waals surface area contributed by atoms with E-state index in [1.54, 1.807) is 0 Å². The molecule has 0 atom stereocenters. The second kappa shape index (κ2) is 7.62. The molecule has 0 unspecified atom stereocenters. The predicted molar refractivity (Wildman–Crippen MR) is 92.2 cm³/mol. The van der Waals surface area contributed by atoms with Crippen molar-refractivity contribution in [2.75, 3.05) is 7.11 Å². The first kappa shape index (κ1) is 16.1. The van der Waals surface area contributed by atoms with Crippen molar-refractivity contribution in [2.24, 2.45) is 0 Å². The van der Waals surface area contributed by atoms with Crippen molar-refractivity contribution in [3.8, 4) is 11.1 Å². The molecule has 112 valence electrons. The van der Waals surface area contributed by atoms with Crippen LogP contribution in [0.25, 0.3) is 21.9 Å². The van der Waals surface area contributed by atoms with Gasteiger partial charge in [0.1, 0.15) is 0 Å². The normalized spacial score (nSPS) is 9.77. The maximum Gasteiger partial charge on any atom is 0.292 e. The number of rotatable bonds is 2. The van der Waals surface area contributed by atoms with Gasteiger partial charge in [-0.3, -0.25) is 4.79 Å². The van der Waals surface area contributed by atoms with Crippen LogP contribution in [0.5, 0.6) is 0 Å². The molecule has 0 saturated heterocycles. The Morgan fingerprint density at radius 3 is 2.23 bits per heavy atom. The molecule has 0 saturated carbocycles. The largest absolute Gasteiger partial charge is 0.471 e. The van der Waals surface area contributed by atoms with E-state index >= 15 is 0 Å². The number of methoxy groups -OCH3 is 1. The number of fused-ring (bicyclic) bond motifs is 1. The molecule has 3 aromatic carbocycles. The summed E-state index contributed by atoms with van der Waals surface area (Å²) >= 11 is 5.93. The Morgan fingerprint density at radius 2 is 1.59 bits per heavy atom. The van der Waals surface area contributed by atoms with E-state index in [0.717, 1.165) is 5.02 Å². The van der Waals surface area contributed by atoms with Gasteiger partial charge in [0.25, 0.3) is 6.47 Å². The van der Waals surface area contributed by atoms with E-state index in [-0.39, 0.29) is 0 Å². The van der Waals surface area contributed by atoms with Gasteiger partial charge in [-0.25, -0.2) is 0 Å². The SMILES string of the molecule is COC=O.Cc1c(-c2ccc(Cl)cc2)ccc2ccccc12. The number of ether oxygens (including phenoxy) is 1. The zero-order valence-electron chi connectivity index (χ0n) is 12.5. The van der Waals surface area contributed by atoms with Crippen LogP contribution in [0.4, 0.5) is 0 Å². The average molecular weight is 313 g/mol. The lowest BCUT2D eigenvalue weighted by atomic mass is 9.95. The van der Waals surface area contributed by atoms with Crippen LogP contribution in [0.15, 0.2) is 60.7 Å². The fourth-order valence-electron chi connectivity index (χ4n) is 2.37. The maximum atomic E-state index is 8.95. The first-order valence-electron chi connectivity index (χ1n) is 6.88. The molecule has 0 aliphatic heterocycles. The minimum Gasteiger partial charge on any atom is -0.471 e. The third kappa shape index (κ3) is 3.66. The van der Waals surface area contributed by atoms with E-state index in [1.165, 1.54) is 34.6 Å². The highest BCUT2D eigenvalue weighted by Gasteiger charge is 2.05. The van der Waals surface area contributed by atoms with Crippen molar-refractivity contribution in [2.45, 2.75) is 6.92 Å². The summed E-state index contributed by atoms with van der Waals surface area (Å²) in [5.41, 5.74) is 3.79. The summed E-state index contributed by atoms with van der Waals surface area (Å²) in [6, 6.07) is 20.8. The van der Waals surface area contributed by atoms with Gasteiger partial charge in [-0.05, 0) is 46.5 Å². The number of halogens is 1. The van der Waals surface area contributed by atoms with Crippen molar-refractivity contribution in [3.05, 3.63) is 71.2 Å². The van der Waals surface area contributed by atoms with E-state index in [0.29, 0.717) is 6.47 Å². The highest BCUT2D eigenvalue weighted by molar-refractivity contribution is 6.30. The Balaban J connectivity index is 0.000000396. The Hall–Kier alpha value is -2.32. The minimum atomic E-state index is 0.375. The molecule has 0 heterocycles. The summed E-state index contributed by atoms with van der Waals surface area (Å²) in [4.78, 5) is 8.95. The van der Waals surface area contributed by atoms with Crippen LogP contribution in [-0.2, 0) is 9.53 Å². The lowest BCUT2D eigenvalue weighted by Crippen LogP contribution is -1.85. The first-order chi connectivity index (χ1) is 10.7. The molecule has 0 spiro atoms. The number of hydrogen-bond donors (Lipinski definition) is 0. The van der Waals surface area contributed by atoms with Gasteiger partial charge in [0.05, 0.1) is 7.11 Å². The zero-order chi connectivity index (χ0) is 15.9. The van der Waals surface area contributed by atoms with Gasteiger partial charge in [0, 0.05) is 5.02 Å². The van der Waals surface area contributed by atoms with Gasteiger partial charge >= 0.3 is 0 Å². The third-order valence-corrected chi connectivity index (χ3v) is 3.70. The third-order valence-electron chi connectivity index (χ3n) is 3.45. The van der Waals surface area contributed by atoms with Gasteiger partial charge in [-0.2, -0.15) is 0 Å². The van der Waals surface area contributed by atoms with Crippen LogP contribution in [0.3, 0.4) is 0 Å². The van der Waals surface area contributed by atoms with Crippen LogP contribution in [0, 0.1) is 6.92 Å². The quantitative estimate of drug-likeness (QED) is 0.603. The highest BCUT2D eigenvalue weighted by atomic mass is 35.5. The van der Waals surface area contributed by atoms with E-state index in [1.807, 2.05) is 12.1 Å². The van der Waals surface area contributed by atoms with Crippen LogP contribution in [-0.4, -0.2) is 13.6 Å². The van der Waals surface area contributed by atoms with Crippen LogP contribution in [0.2, 0.25) is 5.02 Å². The molecule has 0 bridgehead atoms. The fraction of sp³-hybridized carbons (Fsp3) is 0.105. The van der Waals surface area contributed by atoms with Crippen LogP contribution in [0.1, 0.15) is 5.56 Å². The fourth-order valence-corrected chi connectivity index (χ4v) is 2.50. The van der Waals surface area contributed by atoms with Crippen molar-refractivity contribution in [1.29, 1.82) is 0 Å². The van der Waals surface area contributed by atoms with E-state index in [2.05, 4.69) is 60.2 Å². The minimum absolute atomic E-state index is 0.375. The van der Waals surface area contributed by atoms with E-state index < -0.39 is 0 Å². The molecule has 3 aromatic rings. The molecule has 0 aromatic heterocycles. The second-order valence-electron chi connectivity index (χ2n) is 4.80. The van der Waals surface area contributed by atoms with Crippen molar-refractivity contribution in [3.63, 3.8) is 0 Å². The number of carbonyl (C=O) groups excluding carboxylic acids is 1. The van der Waals surface area contributed by atoms with E-state index in [4.69, 9.17) is 16.4 Å². The maximum absolute atomic E-state index is 8.95. The summed E-state index contributed by atoms with van der Waals surface area (Å²) in [6.07, 6.45) is 0. The van der Waals surface area contributed by atoms with Crippen molar-refractivity contribution < 1.29 is 9.53 Å². The molecule has 3 heteroatoms. The van der Waals surface area contributed by atoms with Crippen molar-refractivity contribution >= 4 is 28.8 Å². The highest BCUT2D eigenvalue weighted by Crippen LogP contribution is 2.30. The molecule has 22 heavy (non-hydrogen) atoms. The Morgan fingerprint density at radius 1 is 0.955 bits per heavy atom. The molecule has 0 aliphatic carbocycles. The molecule has 0 fully saturated rings. The topological polar surface area (TPSA) is 26.3 Å².